The van der Waals surface area contributed by atoms with Crippen molar-refractivity contribution in [2.75, 3.05) is 0 Å². The first-order chi connectivity index (χ1) is 9.20. The average molecular weight is 261 g/mol. The van der Waals surface area contributed by atoms with Gasteiger partial charge < -0.3 is 5.32 Å². The lowest BCUT2D eigenvalue weighted by Crippen LogP contribution is -2.59. The van der Waals surface area contributed by atoms with Gasteiger partial charge in [-0.3, -0.25) is 0 Å². The van der Waals surface area contributed by atoms with E-state index in [0.29, 0.717) is 0 Å². The maximum atomic E-state index is 4.20. The minimum atomic E-state index is 0.816. The van der Waals surface area contributed by atoms with Crippen LogP contribution in [0.15, 0.2) is 0 Å². The number of rotatable bonds is 2. The van der Waals surface area contributed by atoms with Gasteiger partial charge in [0, 0.05) is 12.1 Å². The molecule has 0 aromatic carbocycles. The summed E-state index contributed by atoms with van der Waals surface area (Å²) in [7, 11) is 0. The smallest absolute Gasteiger partial charge is 0.0127 e. The van der Waals surface area contributed by atoms with E-state index >= 15 is 0 Å². The SMILES string of the molecule is CC1CCCC(C)C1NC1C2CC3CC(C2)CC1C3. The van der Waals surface area contributed by atoms with Crippen LogP contribution in [0.25, 0.3) is 0 Å². The van der Waals surface area contributed by atoms with Crippen LogP contribution in [0.1, 0.15) is 65.2 Å². The highest BCUT2D eigenvalue weighted by Crippen LogP contribution is 2.54. The summed E-state index contributed by atoms with van der Waals surface area (Å²) in [5.41, 5.74) is 0. The molecule has 5 aliphatic carbocycles. The van der Waals surface area contributed by atoms with E-state index in [1.807, 2.05) is 0 Å². The summed E-state index contributed by atoms with van der Waals surface area (Å²) in [6.07, 6.45) is 12.2. The molecule has 0 amide bonds. The van der Waals surface area contributed by atoms with E-state index < -0.39 is 0 Å². The van der Waals surface area contributed by atoms with Crippen molar-refractivity contribution in [2.45, 2.75) is 77.3 Å². The van der Waals surface area contributed by atoms with Crippen molar-refractivity contribution in [1.82, 2.24) is 5.32 Å². The van der Waals surface area contributed by atoms with E-state index in [4.69, 9.17) is 0 Å². The van der Waals surface area contributed by atoms with E-state index in [0.717, 1.165) is 47.6 Å². The Morgan fingerprint density at radius 3 is 1.74 bits per heavy atom. The molecule has 0 aromatic heterocycles. The maximum absolute atomic E-state index is 4.20. The van der Waals surface area contributed by atoms with Gasteiger partial charge in [-0.05, 0) is 80.5 Å². The zero-order chi connectivity index (χ0) is 13.0. The molecule has 2 atom stereocenters. The van der Waals surface area contributed by atoms with Gasteiger partial charge in [0.2, 0.25) is 0 Å². The molecule has 1 nitrogen and oxygen atoms in total. The van der Waals surface area contributed by atoms with E-state index in [-0.39, 0.29) is 0 Å². The van der Waals surface area contributed by atoms with E-state index in [1.54, 1.807) is 32.1 Å². The molecule has 5 saturated carbocycles. The minimum Gasteiger partial charge on any atom is -0.310 e. The fourth-order valence-corrected chi connectivity index (χ4v) is 6.43. The van der Waals surface area contributed by atoms with Crippen molar-refractivity contribution >= 4 is 0 Å². The fourth-order valence-electron chi connectivity index (χ4n) is 6.43. The molecule has 2 unspecified atom stereocenters. The average Bonchev–Trinajstić information content (AvgIpc) is 2.36. The van der Waals surface area contributed by atoms with E-state index in [2.05, 4.69) is 19.2 Å². The Hall–Kier alpha value is -0.0400. The third kappa shape index (κ3) is 2.17. The Morgan fingerprint density at radius 2 is 1.21 bits per heavy atom. The first kappa shape index (κ1) is 12.7. The summed E-state index contributed by atoms with van der Waals surface area (Å²) >= 11 is 0. The maximum Gasteiger partial charge on any atom is 0.0127 e. The minimum absolute atomic E-state index is 0.816. The third-order valence-corrected chi connectivity index (χ3v) is 7.16. The Balaban J connectivity index is 1.47. The van der Waals surface area contributed by atoms with Crippen molar-refractivity contribution in [2.24, 2.45) is 35.5 Å². The quantitative estimate of drug-likeness (QED) is 0.784. The lowest BCUT2D eigenvalue weighted by Gasteiger charge is -2.56. The lowest BCUT2D eigenvalue weighted by molar-refractivity contribution is -0.0252. The summed E-state index contributed by atoms with van der Waals surface area (Å²) < 4.78 is 0. The van der Waals surface area contributed by atoms with Crippen LogP contribution in [0, 0.1) is 35.5 Å². The molecule has 4 bridgehead atoms. The molecule has 0 spiro atoms. The van der Waals surface area contributed by atoms with Crippen LogP contribution >= 0.6 is 0 Å². The zero-order valence-corrected chi connectivity index (χ0v) is 12.8. The van der Waals surface area contributed by atoms with Crippen LogP contribution < -0.4 is 5.32 Å². The number of nitrogens with one attached hydrogen (secondary N) is 1. The van der Waals surface area contributed by atoms with Gasteiger partial charge in [-0.1, -0.05) is 20.3 Å². The highest BCUT2D eigenvalue weighted by atomic mass is 15.0. The van der Waals surface area contributed by atoms with Crippen LogP contribution in [0.3, 0.4) is 0 Å². The highest BCUT2D eigenvalue weighted by Gasteiger charge is 2.49. The largest absolute Gasteiger partial charge is 0.310 e. The number of hydrogen-bond donors (Lipinski definition) is 1. The fraction of sp³-hybridized carbons (Fsp3) is 1.00. The van der Waals surface area contributed by atoms with Gasteiger partial charge in [-0.25, -0.2) is 0 Å². The monoisotopic (exact) mass is 261 g/mol. The Kier molecular flexibility index (Phi) is 3.17. The standard InChI is InChI=1S/C18H31N/c1-11-4-3-5-12(2)17(11)19-18-15-7-13-6-14(9-15)10-16(18)8-13/h11-19H,3-10H2,1-2H3. The normalized spacial score (nSPS) is 56.5. The molecular formula is C18H31N. The van der Waals surface area contributed by atoms with Gasteiger partial charge >= 0.3 is 0 Å². The van der Waals surface area contributed by atoms with Crippen molar-refractivity contribution in [3.8, 4) is 0 Å². The third-order valence-electron chi connectivity index (χ3n) is 7.16. The second-order valence-electron chi connectivity index (χ2n) is 8.53. The molecule has 1 N–H and O–H groups in total. The highest BCUT2D eigenvalue weighted by molar-refractivity contribution is 5.03. The van der Waals surface area contributed by atoms with Crippen molar-refractivity contribution < 1.29 is 0 Å². The molecule has 5 aliphatic rings. The van der Waals surface area contributed by atoms with Gasteiger partial charge in [-0.15, -0.1) is 0 Å². The van der Waals surface area contributed by atoms with Gasteiger partial charge in [-0.2, -0.15) is 0 Å². The Labute approximate surface area is 118 Å². The molecule has 108 valence electrons. The van der Waals surface area contributed by atoms with Crippen LogP contribution in [-0.2, 0) is 0 Å². The number of hydrogen-bond acceptors (Lipinski definition) is 1. The molecule has 0 aliphatic heterocycles. The summed E-state index contributed by atoms with van der Waals surface area (Å²) in [5.74, 6) is 6.11. The van der Waals surface area contributed by atoms with Crippen LogP contribution in [-0.4, -0.2) is 12.1 Å². The van der Waals surface area contributed by atoms with Gasteiger partial charge in [0.05, 0.1) is 0 Å². The first-order valence-corrected chi connectivity index (χ1v) is 8.96. The summed E-state index contributed by atoms with van der Waals surface area (Å²) in [6.45, 7) is 4.98. The molecule has 19 heavy (non-hydrogen) atoms. The summed E-state index contributed by atoms with van der Waals surface area (Å²) in [6, 6.07) is 1.71. The zero-order valence-electron chi connectivity index (χ0n) is 12.8. The molecule has 0 heterocycles. The first-order valence-electron chi connectivity index (χ1n) is 8.96. The Bertz CT molecular complexity index is 299. The van der Waals surface area contributed by atoms with Crippen LogP contribution in [0.4, 0.5) is 0 Å². The van der Waals surface area contributed by atoms with Crippen LogP contribution in [0.2, 0.25) is 0 Å². The van der Waals surface area contributed by atoms with Gasteiger partial charge in [0.1, 0.15) is 0 Å². The Morgan fingerprint density at radius 1 is 0.684 bits per heavy atom. The molecular weight excluding hydrogens is 230 g/mol. The predicted molar refractivity (Wildman–Crippen MR) is 79.9 cm³/mol. The topological polar surface area (TPSA) is 12.0 Å². The van der Waals surface area contributed by atoms with Crippen molar-refractivity contribution in [3.63, 3.8) is 0 Å². The van der Waals surface area contributed by atoms with Crippen LogP contribution in [0.5, 0.6) is 0 Å². The van der Waals surface area contributed by atoms with Crippen molar-refractivity contribution in [1.29, 1.82) is 0 Å². The summed E-state index contributed by atoms with van der Waals surface area (Å²) in [5, 5.41) is 4.20. The van der Waals surface area contributed by atoms with E-state index in [1.165, 1.54) is 19.3 Å². The second-order valence-corrected chi connectivity index (χ2v) is 8.53. The molecule has 5 fully saturated rings. The molecule has 0 aromatic rings. The van der Waals surface area contributed by atoms with Gasteiger partial charge in [0.25, 0.3) is 0 Å². The summed E-state index contributed by atoms with van der Waals surface area (Å²) in [4.78, 5) is 0. The molecule has 0 saturated heterocycles. The predicted octanol–water partition coefficient (Wildman–Crippen LogP) is 4.23. The second kappa shape index (κ2) is 4.76. The van der Waals surface area contributed by atoms with Crippen molar-refractivity contribution in [3.05, 3.63) is 0 Å². The molecule has 5 rings (SSSR count). The van der Waals surface area contributed by atoms with E-state index in [9.17, 15) is 0 Å². The lowest BCUT2D eigenvalue weighted by atomic mass is 9.54. The molecule has 1 heteroatoms. The molecule has 0 radical (unpaired) electrons. The van der Waals surface area contributed by atoms with Gasteiger partial charge in [0.15, 0.2) is 0 Å².